The second kappa shape index (κ2) is 12.8. The van der Waals surface area contributed by atoms with Crippen LogP contribution in [0.25, 0.3) is 67.7 Å². The van der Waals surface area contributed by atoms with E-state index in [0.717, 1.165) is 45.5 Å². The molecule has 2 heterocycles. The smallest absolute Gasteiger partial charge is 0.164 e. The second-order valence-electron chi connectivity index (χ2n) is 15.9. The molecule has 2 aromatic heterocycles. The van der Waals surface area contributed by atoms with Gasteiger partial charge < -0.3 is 4.98 Å². The van der Waals surface area contributed by atoms with E-state index in [1.165, 1.54) is 33.4 Å². The molecule has 2 aliphatic rings. The molecule has 53 heavy (non-hydrogen) atoms. The molecule has 0 saturated heterocycles. The van der Waals surface area contributed by atoms with Gasteiger partial charge in [0.1, 0.15) is 0 Å². The number of benzene rings is 5. The Morgan fingerprint density at radius 3 is 1.83 bits per heavy atom. The molecular weight excluding hydrogens is 825 g/mol. The van der Waals surface area contributed by atoms with Crippen LogP contribution < -0.4 is 0 Å². The Balaban J connectivity index is 0.00000400. The van der Waals surface area contributed by atoms with E-state index < -0.39 is 0 Å². The molecule has 0 N–H and O–H groups in total. The van der Waals surface area contributed by atoms with E-state index in [-0.39, 0.29) is 36.4 Å². The number of pyridine rings is 1. The average molecular weight is 866 g/mol. The molecule has 5 heteroatoms. The van der Waals surface area contributed by atoms with E-state index in [9.17, 15) is 0 Å². The quantitative estimate of drug-likeness (QED) is 0.162. The van der Waals surface area contributed by atoms with Crippen molar-refractivity contribution in [3.05, 3.63) is 156 Å². The zero-order valence-corrected chi connectivity index (χ0v) is 33.3. The van der Waals surface area contributed by atoms with Gasteiger partial charge in [0.2, 0.25) is 0 Å². The Kier molecular flexibility index (Phi) is 8.44. The van der Waals surface area contributed by atoms with Crippen molar-refractivity contribution >= 4 is 0 Å². The summed E-state index contributed by atoms with van der Waals surface area (Å²) in [5.41, 5.74) is 15.2. The number of hydrogen-bond acceptors (Lipinski definition) is 4. The first-order chi connectivity index (χ1) is 25.0. The Morgan fingerprint density at radius 2 is 1.11 bits per heavy atom. The van der Waals surface area contributed by atoms with Crippen molar-refractivity contribution in [2.75, 3.05) is 0 Å². The van der Waals surface area contributed by atoms with Crippen LogP contribution in [0.3, 0.4) is 0 Å². The molecule has 0 saturated carbocycles. The molecule has 1 radical (unpaired) electrons. The third kappa shape index (κ3) is 5.52. The summed E-state index contributed by atoms with van der Waals surface area (Å²) in [6.45, 7) is 14.3. The van der Waals surface area contributed by atoms with E-state index in [1.807, 2.05) is 24.4 Å². The second-order valence-corrected chi connectivity index (χ2v) is 15.9. The normalized spacial score (nSPS) is 15.6. The van der Waals surface area contributed by atoms with Gasteiger partial charge in [-0.15, -0.1) is 34.9 Å². The largest absolute Gasteiger partial charge is 0.304 e. The fraction of sp³-hybridized carbons (Fsp3) is 0.208. The van der Waals surface area contributed by atoms with E-state index in [4.69, 9.17) is 19.9 Å². The molecule has 0 spiro atoms. The number of hydrogen-bond donors (Lipinski definition) is 0. The minimum Gasteiger partial charge on any atom is -0.304 e. The van der Waals surface area contributed by atoms with Crippen LogP contribution in [0.4, 0.5) is 0 Å². The summed E-state index contributed by atoms with van der Waals surface area (Å²) in [6.07, 6.45) is 2.83. The van der Waals surface area contributed by atoms with Crippen LogP contribution in [-0.4, -0.2) is 19.9 Å². The third-order valence-corrected chi connectivity index (χ3v) is 12.7. The SMILES string of the molecule is CC1(C)c2c[c-]c(-c3ccc(-c4ccc(-c5nc(-c6ccccc6)nc(-c6cccc7c6Cc6ccccc6-7)n5)cc4)cn3)cc2C(C)(C)C1(C)C.[Ir]. The Labute approximate surface area is 326 Å². The molecule has 0 unspecified atom stereocenters. The first-order valence-electron chi connectivity index (χ1n) is 18.2. The van der Waals surface area contributed by atoms with Crippen LogP contribution in [-0.2, 0) is 37.4 Å². The Bertz CT molecular complexity index is 2500. The molecule has 0 fully saturated rings. The first kappa shape index (κ1) is 35.0. The monoisotopic (exact) mass is 866 g/mol. The van der Waals surface area contributed by atoms with E-state index in [2.05, 4.69) is 151 Å². The minimum atomic E-state index is 0. The standard InChI is InChI=1S/C48H41N4.Ir/c1-46(2)40-25-23-34(28-41(40)47(3,4)48(46,5)6)42-26-24-35(29-49-42)30-19-21-32(22-20-30)44-50-43(31-13-8-7-9-14-31)51-45(52-44)38-18-12-17-37-36-16-11-10-15-33(36)27-39(37)38;/h7-22,24-26,28-29H,27H2,1-6H3;/q-1;. The third-order valence-electron chi connectivity index (χ3n) is 12.7. The predicted octanol–water partition coefficient (Wildman–Crippen LogP) is 11.6. The van der Waals surface area contributed by atoms with Crippen molar-refractivity contribution in [2.45, 2.75) is 58.8 Å². The maximum absolute atomic E-state index is 5.10. The summed E-state index contributed by atoms with van der Waals surface area (Å²) in [6, 6.07) is 46.1. The first-order valence-corrected chi connectivity index (χ1v) is 18.2. The van der Waals surface area contributed by atoms with Gasteiger partial charge in [-0.2, -0.15) is 0 Å². The zero-order chi connectivity index (χ0) is 35.8. The Morgan fingerprint density at radius 1 is 0.528 bits per heavy atom. The van der Waals surface area contributed by atoms with Gasteiger partial charge in [-0.1, -0.05) is 151 Å². The van der Waals surface area contributed by atoms with Gasteiger partial charge in [-0.25, -0.2) is 15.0 Å². The van der Waals surface area contributed by atoms with Crippen molar-refractivity contribution < 1.29 is 20.1 Å². The maximum atomic E-state index is 5.10. The van der Waals surface area contributed by atoms with E-state index >= 15 is 0 Å². The van der Waals surface area contributed by atoms with Crippen LogP contribution in [0.5, 0.6) is 0 Å². The van der Waals surface area contributed by atoms with Gasteiger partial charge in [-0.3, -0.25) is 0 Å². The molecule has 0 atom stereocenters. The maximum Gasteiger partial charge on any atom is 0.164 e. The summed E-state index contributed by atoms with van der Waals surface area (Å²) >= 11 is 0. The molecule has 4 nitrogen and oxygen atoms in total. The minimum absolute atomic E-state index is 0. The van der Waals surface area contributed by atoms with Crippen molar-refractivity contribution in [2.24, 2.45) is 5.41 Å². The molecule has 0 aliphatic heterocycles. The van der Waals surface area contributed by atoms with Crippen LogP contribution >= 0.6 is 0 Å². The van der Waals surface area contributed by atoms with E-state index in [1.54, 1.807) is 0 Å². The number of rotatable bonds is 5. The molecule has 263 valence electrons. The molecule has 2 aliphatic carbocycles. The number of nitrogens with zero attached hydrogens (tertiary/aromatic N) is 4. The van der Waals surface area contributed by atoms with Gasteiger partial charge >= 0.3 is 0 Å². The molecular formula is C48H41IrN4-. The van der Waals surface area contributed by atoms with Crippen molar-refractivity contribution in [1.29, 1.82) is 0 Å². The molecule has 7 aromatic rings. The average Bonchev–Trinajstić information content (AvgIpc) is 3.61. The molecule has 5 aromatic carbocycles. The molecule has 0 bridgehead atoms. The van der Waals surface area contributed by atoms with Gasteiger partial charge in [0, 0.05) is 43.0 Å². The van der Waals surface area contributed by atoms with Crippen LogP contribution in [0.2, 0.25) is 0 Å². The summed E-state index contributed by atoms with van der Waals surface area (Å²) in [5, 5.41) is 0. The van der Waals surface area contributed by atoms with Gasteiger partial charge in [0.05, 0.1) is 0 Å². The van der Waals surface area contributed by atoms with Gasteiger partial charge in [-0.05, 0) is 61.7 Å². The van der Waals surface area contributed by atoms with Crippen molar-refractivity contribution in [1.82, 2.24) is 19.9 Å². The fourth-order valence-electron chi connectivity index (χ4n) is 8.37. The van der Waals surface area contributed by atoms with Crippen LogP contribution in [0.1, 0.15) is 63.8 Å². The molecule has 0 amide bonds. The number of aromatic nitrogens is 4. The van der Waals surface area contributed by atoms with Crippen molar-refractivity contribution in [3.63, 3.8) is 0 Å². The molecule has 9 rings (SSSR count). The van der Waals surface area contributed by atoms with Crippen LogP contribution in [0.15, 0.2) is 128 Å². The van der Waals surface area contributed by atoms with Crippen LogP contribution in [0, 0.1) is 11.5 Å². The summed E-state index contributed by atoms with van der Waals surface area (Å²) in [4.78, 5) is 20.1. The van der Waals surface area contributed by atoms with Gasteiger partial charge in [0.15, 0.2) is 17.5 Å². The van der Waals surface area contributed by atoms with E-state index in [0.29, 0.717) is 17.5 Å². The fourth-order valence-corrected chi connectivity index (χ4v) is 8.37. The summed E-state index contributed by atoms with van der Waals surface area (Å²) in [5.74, 6) is 2.01. The van der Waals surface area contributed by atoms with Crippen molar-refractivity contribution in [3.8, 4) is 67.7 Å². The summed E-state index contributed by atoms with van der Waals surface area (Å²) < 4.78 is 0. The zero-order valence-electron chi connectivity index (χ0n) is 31.0. The number of fused-ring (bicyclic) bond motifs is 4. The van der Waals surface area contributed by atoms with Gasteiger partial charge in [0.25, 0.3) is 0 Å². The Hall–Kier alpha value is -5.09. The predicted molar refractivity (Wildman–Crippen MR) is 212 cm³/mol. The topological polar surface area (TPSA) is 51.6 Å². The summed E-state index contributed by atoms with van der Waals surface area (Å²) in [7, 11) is 0.